The number of nitrogens with one attached hydrogen (secondary N) is 2. The molecule has 0 spiro atoms. The molecule has 1 heterocycles. The van der Waals surface area contributed by atoms with Gasteiger partial charge in [-0.15, -0.1) is 0 Å². The van der Waals surface area contributed by atoms with E-state index in [1.54, 1.807) is 0 Å². The molecule has 0 aromatic carbocycles. The molecule has 19 heavy (non-hydrogen) atoms. The van der Waals surface area contributed by atoms with Crippen LogP contribution in [0.3, 0.4) is 0 Å². The van der Waals surface area contributed by atoms with E-state index in [0.717, 1.165) is 36.1 Å². The number of allylic oxidation sites excluding steroid dienone is 1. The van der Waals surface area contributed by atoms with Crippen molar-refractivity contribution in [1.82, 2.24) is 15.3 Å². The summed E-state index contributed by atoms with van der Waals surface area (Å²) in [6.07, 6.45) is 7.33. The predicted octanol–water partition coefficient (Wildman–Crippen LogP) is 0.850. The second-order valence-corrected chi connectivity index (χ2v) is 4.89. The molecule has 5 heteroatoms. The Balaban J connectivity index is 1.95. The van der Waals surface area contributed by atoms with Crippen LogP contribution in [-0.4, -0.2) is 34.3 Å². The summed E-state index contributed by atoms with van der Waals surface area (Å²) in [6, 6.07) is 0.117. The van der Waals surface area contributed by atoms with E-state index in [2.05, 4.69) is 22.2 Å². The van der Waals surface area contributed by atoms with Crippen LogP contribution in [-0.2, 0) is 6.42 Å². The standard InChI is InChI=1S/C14H21N3O2/c1-2-3-4-11(8-18)15-7-10-5-6-12-13(10)16-9-17-14(12)19/h5,9,11,15,18H,2-4,6-8H2,1H3,(H,16,17,19)/t11-/m0/s1. The first kappa shape index (κ1) is 14.0. The maximum absolute atomic E-state index is 11.6. The number of rotatable bonds is 7. The number of fused-ring (bicyclic) bond motifs is 1. The van der Waals surface area contributed by atoms with Gasteiger partial charge in [-0.25, -0.2) is 4.98 Å². The highest BCUT2D eigenvalue weighted by Gasteiger charge is 2.18. The molecule has 1 aromatic rings. The van der Waals surface area contributed by atoms with Crippen LogP contribution in [0.15, 0.2) is 17.2 Å². The third-order valence-corrected chi connectivity index (χ3v) is 3.51. The summed E-state index contributed by atoms with van der Waals surface area (Å²) in [5, 5.41) is 12.6. The van der Waals surface area contributed by atoms with Gasteiger partial charge in [0.1, 0.15) is 0 Å². The lowest BCUT2D eigenvalue weighted by Gasteiger charge is -2.16. The average molecular weight is 263 g/mol. The van der Waals surface area contributed by atoms with Crippen molar-refractivity contribution in [2.45, 2.75) is 38.6 Å². The van der Waals surface area contributed by atoms with Gasteiger partial charge >= 0.3 is 0 Å². The zero-order chi connectivity index (χ0) is 13.7. The number of nitrogens with zero attached hydrogens (tertiary/aromatic N) is 1. The Morgan fingerprint density at radius 1 is 1.58 bits per heavy atom. The predicted molar refractivity (Wildman–Crippen MR) is 74.9 cm³/mol. The fourth-order valence-electron chi connectivity index (χ4n) is 2.33. The van der Waals surface area contributed by atoms with Gasteiger partial charge in [-0.1, -0.05) is 25.8 Å². The van der Waals surface area contributed by atoms with Crippen LogP contribution in [0.4, 0.5) is 0 Å². The maximum Gasteiger partial charge on any atom is 0.254 e. The zero-order valence-corrected chi connectivity index (χ0v) is 11.3. The van der Waals surface area contributed by atoms with Crippen LogP contribution in [0.25, 0.3) is 5.57 Å². The van der Waals surface area contributed by atoms with Crippen molar-refractivity contribution in [1.29, 1.82) is 0 Å². The van der Waals surface area contributed by atoms with Gasteiger partial charge in [0.25, 0.3) is 5.56 Å². The van der Waals surface area contributed by atoms with E-state index in [1.165, 1.54) is 6.33 Å². The molecule has 1 aromatic heterocycles. The number of aromatic nitrogens is 2. The lowest BCUT2D eigenvalue weighted by Crippen LogP contribution is -2.33. The zero-order valence-electron chi connectivity index (χ0n) is 11.3. The Bertz CT molecular complexity index is 508. The molecule has 1 atom stereocenters. The van der Waals surface area contributed by atoms with Gasteiger partial charge in [-0.2, -0.15) is 0 Å². The molecule has 0 unspecified atom stereocenters. The van der Waals surface area contributed by atoms with Crippen LogP contribution < -0.4 is 10.9 Å². The first-order valence-electron chi connectivity index (χ1n) is 6.86. The van der Waals surface area contributed by atoms with Crippen molar-refractivity contribution >= 4 is 5.57 Å². The molecule has 0 saturated carbocycles. The Morgan fingerprint density at radius 2 is 2.42 bits per heavy atom. The van der Waals surface area contributed by atoms with E-state index in [4.69, 9.17) is 0 Å². The number of unbranched alkanes of at least 4 members (excludes halogenated alkanes) is 1. The summed E-state index contributed by atoms with van der Waals surface area (Å²) in [7, 11) is 0. The number of aliphatic hydroxyl groups excluding tert-OH is 1. The minimum Gasteiger partial charge on any atom is -0.395 e. The summed E-state index contributed by atoms with van der Waals surface area (Å²) < 4.78 is 0. The van der Waals surface area contributed by atoms with Crippen LogP contribution in [0, 0.1) is 0 Å². The molecule has 0 bridgehead atoms. The van der Waals surface area contributed by atoms with E-state index in [1.807, 2.05) is 6.08 Å². The summed E-state index contributed by atoms with van der Waals surface area (Å²) >= 11 is 0. The molecule has 5 nitrogen and oxygen atoms in total. The number of H-pyrrole nitrogens is 1. The van der Waals surface area contributed by atoms with Gasteiger partial charge in [-0.05, 0) is 18.4 Å². The summed E-state index contributed by atoms with van der Waals surface area (Å²) in [5.74, 6) is 0. The fourth-order valence-corrected chi connectivity index (χ4v) is 2.33. The molecule has 0 fully saturated rings. The highest BCUT2D eigenvalue weighted by atomic mass is 16.3. The molecule has 1 aliphatic carbocycles. The molecular formula is C14H21N3O2. The Hall–Kier alpha value is -1.46. The number of aliphatic hydroxyl groups is 1. The highest BCUT2D eigenvalue weighted by Crippen LogP contribution is 2.21. The quantitative estimate of drug-likeness (QED) is 0.681. The minimum absolute atomic E-state index is 0.0547. The van der Waals surface area contributed by atoms with E-state index in [0.29, 0.717) is 13.0 Å². The summed E-state index contributed by atoms with van der Waals surface area (Å²) in [6.45, 7) is 2.93. The largest absolute Gasteiger partial charge is 0.395 e. The lowest BCUT2D eigenvalue weighted by molar-refractivity contribution is 0.237. The maximum atomic E-state index is 11.6. The fraction of sp³-hybridized carbons (Fsp3) is 0.571. The minimum atomic E-state index is -0.0547. The van der Waals surface area contributed by atoms with Gasteiger partial charge in [-0.3, -0.25) is 4.79 Å². The van der Waals surface area contributed by atoms with E-state index >= 15 is 0 Å². The van der Waals surface area contributed by atoms with Gasteiger partial charge in [0.15, 0.2) is 0 Å². The first-order chi connectivity index (χ1) is 9.26. The molecule has 3 N–H and O–H groups in total. The monoisotopic (exact) mass is 263 g/mol. The summed E-state index contributed by atoms with van der Waals surface area (Å²) in [4.78, 5) is 18.4. The topological polar surface area (TPSA) is 78.0 Å². The smallest absolute Gasteiger partial charge is 0.254 e. The van der Waals surface area contributed by atoms with Crippen LogP contribution in [0.5, 0.6) is 0 Å². The Morgan fingerprint density at radius 3 is 3.16 bits per heavy atom. The van der Waals surface area contributed by atoms with Crippen molar-refractivity contribution in [3.8, 4) is 0 Å². The highest BCUT2D eigenvalue weighted by molar-refractivity contribution is 5.70. The van der Waals surface area contributed by atoms with E-state index in [9.17, 15) is 9.90 Å². The Kier molecular flexibility index (Phi) is 4.87. The Labute approximate surface area is 112 Å². The van der Waals surface area contributed by atoms with Gasteiger partial charge in [0.2, 0.25) is 0 Å². The number of hydrogen-bond acceptors (Lipinski definition) is 4. The van der Waals surface area contributed by atoms with Gasteiger partial charge in [0, 0.05) is 18.2 Å². The van der Waals surface area contributed by atoms with Gasteiger partial charge in [0.05, 0.1) is 18.6 Å². The van der Waals surface area contributed by atoms with Crippen LogP contribution >= 0.6 is 0 Å². The summed E-state index contributed by atoms with van der Waals surface area (Å²) in [5.41, 5.74) is 2.54. The molecule has 0 saturated heterocycles. The van der Waals surface area contributed by atoms with Crippen molar-refractivity contribution < 1.29 is 5.11 Å². The molecular weight excluding hydrogens is 242 g/mol. The normalized spacial score (nSPS) is 15.2. The molecule has 0 aliphatic heterocycles. The molecule has 0 radical (unpaired) electrons. The van der Waals surface area contributed by atoms with Crippen molar-refractivity contribution in [3.05, 3.63) is 34.0 Å². The number of aromatic amines is 1. The van der Waals surface area contributed by atoms with Crippen LogP contribution in [0.2, 0.25) is 0 Å². The lowest BCUT2D eigenvalue weighted by atomic mass is 10.1. The first-order valence-corrected chi connectivity index (χ1v) is 6.86. The average Bonchev–Trinajstić information content (AvgIpc) is 2.84. The van der Waals surface area contributed by atoms with Crippen molar-refractivity contribution in [2.75, 3.05) is 13.2 Å². The van der Waals surface area contributed by atoms with Crippen molar-refractivity contribution in [2.24, 2.45) is 0 Å². The SMILES string of the molecule is CCCC[C@@H](CO)NCC1=CCc2c1nc[nH]c2=O. The van der Waals surface area contributed by atoms with E-state index < -0.39 is 0 Å². The van der Waals surface area contributed by atoms with Gasteiger partial charge < -0.3 is 15.4 Å². The third kappa shape index (κ3) is 3.30. The number of hydrogen-bond donors (Lipinski definition) is 3. The second kappa shape index (κ2) is 6.63. The molecule has 104 valence electrons. The molecule has 2 rings (SSSR count). The third-order valence-electron chi connectivity index (χ3n) is 3.51. The van der Waals surface area contributed by atoms with Crippen molar-refractivity contribution in [3.63, 3.8) is 0 Å². The van der Waals surface area contributed by atoms with Crippen LogP contribution in [0.1, 0.15) is 37.4 Å². The molecule has 1 aliphatic rings. The van der Waals surface area contributed by atoms with E-state index in [-0.39, 0.29) is 18.2 Å². The second-order valence-electron chi connectivity index (χ2n) is 4.89. The molecule has 0 amide bonds.